The average molecular weight is 231 g/mol. The molecule has 0 aliphatic heterocycles. The molecule has 96 valence electrons. The lowest BCUT2D eigenvalue weighted by Gasteiger charge is -2.30. The van der Waals surface area contributed by atoms with Gasteiger partial charge in [-0.25, -0.2) is 0 Å². The van der Waals surface area contributed by atoms with Crippen LogP contribution in [0.5, 0.6) is 0 Å². The molecule has 0 fully saturated rings. The van der Waals surface area contributed by atoms with E-state index in [9.17, 15) is 9.90 Å². The maximum absolute atomic E-state index is 11.6. The normalized spacial score (nSPS) is 11.5. The lowest BCUT2D eigenvalue weighted by atomic mass is 9.93. The molecule has 16 heavy (non-hydrogen) atoms. The molecule has 0 heterocycles. The van der Waals surface area contributed by atoms with Crippen molar-refractivity contribution in [3.05, 3.63) is 0 Å². The molecule has 0 radical (unpaired) electrons. The molecule has 0 rings (SSSR count). The van der Waals surface area contributed by atoms with Crippen molar-refractivity contribution in [2.75, 3.05) is 19.8 Å². The van der Waals surface area contributed by atoms with E-state index >= 15 is 0 Å². The number of aliphatic hydroxyl groups is 1. The molecule has 0 saturated carbocycles. The molecule has 0 aromatic rings. The minimum absolute atomic E-state index is 0.00236. The van der Waals surface area contributed by atoms with Gasteiger partial charge in [-0.2, -0.15) is 0 Å². The molecule has 0 aromatic carbocycles. The first kappa shape index (κ1) is 15.4. The second kappa shape index (κ2) is 8.53. The van der Waals surface area contributed by atoms with E-state index in [0.717, 1.165) is 19.3 Å². The van der Waals surface area contributed by atoms with Crippen LogP contribution in [0.3, 0.4) is 0 Å². The number of carbonyl (C=O) groups is 1. The summed E-state index contributed by atoms with van der Waals surface area (Å²) in [7, 11) is 0. The average Bonchev–Trinajstić information content (AvgIpc) is 2.32. The SMILES string of the molecule is CCOCCCC(=O)NC(CC)(CC)CO. The van der Waals surface area contributed by atoms with Gasteiger partial charge in [-0.05, 0) is 26.2 Å². The van der Waals surface area contributed by atoms with E-state index in [1.165, 1.54) is 0 Å². The fraction of sp³-hybridized carbons (Fsp3) is 0.917. The summed E-state index contributed by atoms with van der Waals surface area (Å²) in [6.45, 7) is 7.18. The summed E-state index contributed by atoms with van der Waals surface area (Å²) < 4.78 is 5.16. The molecule has 0 bridgehead atoms. The standard InChI is InChI=1S/C12H25NO3/c1-4-12(5-2,10-14)13-11(15)8-7-9-16-6-3/h14H,4-10H2,1-3H3,(H,13,15). The van der Waals surface area contributed by atoms with Gasteiger partial charge in [0.05, 0.1) is 12.1 Å². The van der Waals surface area contributed by atoms with Crippen LogP contribution in [0.2, 0.25) is 0 Å². The third-order valence-electron chi connectivity index (χ3n) is 2.96. The van der Waals surface area contributed by atoms with Gasteiger partial charge in [0.1, 0.15) is 0 Å². The van der Waals surface area contributed by atoms with Crippen LogP contribution >= 0.6 is 0 Å². The Labute approximate surface area is 98.4 Å². The van der Waals surface area contributed by atoms with Gasteiger partial charge in [0.15, 0.2) is 0 Å². The van der Waals surface area contributed by atoms with Gasteiger partial charge in [0.25, 0.3) is 0 Å². The quantitative estimate of drug-likeness (QED) is 0.591. The fourth-order valence-electron chi connectivity index (χ4n) is 1.53. The van der Waals surface area contributed by atoms with Crippen LogP contribution in [0, 0.1) is 0 Å². The lowest BCUT2D eigenvalue weighted by Crippen LogP contribution is -2.50. The number of rotatable bonds is 9. The van der Waals surface area contributed by atoms with Crippen LogP contribution < -0.4 is 5.32 Å². The Morgan fingerprint density at radius 1 is 1.31 bits per heavy atom. The minimum Gasteiger partial charge on any atom is -0.394 e. The number of nitrogens with one attached hydrogen (secondary N) is 1. The molecule has 0 aromatic heterocycles. The molecule has 0 saturated heterocycles. The summed E-state index contributed by atoms with van der Waals surface area (Å²) >= 11 is 0. The molecular formula is C12H25NO3. The van der Waals surface area contributed by atoms with E-state index < -0.39 is 5.54 Å². The highest BCUT2D eigenvalue weighted by Crippen LogP contribution is 2.14. The van der Waals surface area contributed by atoms with E-state index in [4.69, 9.17) is 4.74 Å². The van der Waals surface area contributed by atoms with E-state index in [2.05, 4.69) is 5.32 Å². The summed E-state index contributed by atoms with van der Waals surface area (Å²) in [6, 6.07) is 0. The third kappa shape index (κ3) is 5.47. The number of hydrogen-bond donors (Lipinski definition) is 2. The first-order valence-corrected chi connectivity index (χ1v) is 6.13. The second-order valence-electron chi connectivity index (χ2n) is 3.99. The monoisotopic (exact) mass is 231 g/mol. The maximum Gasteiger partial charge on any atom is 0.220 e. The van der Waals surface area contributed by atoms with Gasteiger partial charge in [0.2, 0.25) is 5.91 Å². The topological polar surface area (TPSA) is 58.6 Å². The van der Waals surface area contributed by atoms with Crippen LogP contribution in [-0.4, -0.2) is 36.4 Å². The molecule has 0 spiro atoms. The fourth-order valence-corrected chi connectivity index (χ4v) is 1.53. The van der Waals surface area contributed by atoms with Gasteiger partial charge >= 0.3 is 0 Å². The van der Waals surface area contributed by atoms with Crippen molar-refractivity contribution in [2.45, 2.75) is 52.0 Å². The zero-order valence-corrected chi connectivity index (χ0v) is 10.7. The Morgan fingerprint density at radius 3 is 2.38 bits per heavy atom. The predicted molar refractivity (Wildman–Crippen MR) is 64.3 cm³/mol. The van der Waals surface area contributed by atoms with Gasteiger partial charge in [-0.1, -0.05) is 13.8 Å². The number of carbonyl (C=O) groups excluding carboxylic acids is 1. The number of amides is 1. The van der Waals surface area contributed by atoms with Gasteiger partial charge in [-0.15, -0.1) is 0 Å². The first-order valence-electron chi connectivity index (χ1n) is 6.13. The summed E-state index contributed by atoms with van der Waals surface area (Å²) in [5.74, 6) is -0.00236. The molecule has 4 nitrogen and oxygen atoms in total. The van der Waals surface area contributed by atoms with Crippen molar-refractivity contribution < 1.29 is 14.6 Å². The van der Waals surface area contributed by atoms with Crippen LogP contribution in [0.25, 0.3) is 0 Å². The largest absolute Gasteiger partial charge is 0.394 e. The van der Waals surface area contributed by atoms with Crippen LogP contribution in [0.1, 0.15) is 46.5 Å². The van der Waals surface area contributed by atoms with Gasteiger partial charge in [0, 0.05) is 19.6 Å². The molecule has 0 atom stereocenters. The van der Waals surface area contributed by atoms with Crippen LogP contribution in [0.4, 0.5) is 0 Å². The van der Waals surface area contributed by atoms with Crippen LogP contribution in [0.15, 0.2) is 0 Å². The van der Waals surface area contributed by atoms with E-state index in [-0.39, 0.29) is 12.5 Å². The Balaban J connectivity index is 3.91. The van der Waals surface area contributed by atoms with Gasteiger partial charge < -0.3 is 15.2 Å². The highest BCUT2D eigenvalue weighted by Gasteiger charge is 2.26. The van der Waals surface area contributed by atoms with E-state index in [1.807, 2.05) is 20.8 Å². The summed E-state index contributed by atoms with van der Waals surface area (Å²) in [6.07, 6.45) is 2.69. The molecule has 1 amide bonds. The molecule has 0 aliphatic carbocycles. The lowest BCUT2D eigenvalue weighted by molar-refractivity contribution is -0.124. The van der Waals surface area contributed by atoms with Crippen molar-refractivity contribution in [2.24, 2.45) is 0 Å². The molecule has 0 unspecified atom stereocenters. The van der Waals surface area contributed by atoms with E-state index in [0.29, 0.717) is 19.6 Å². The van der Waals surface area contributed by atoms with Crippen LogP contribution in [-0.2, 0) is 9.53 Å². The molecule has 0 aliphatic rings. The zero-order chi connectivity index (χ0) is 12.4. The minimum atomic E-state index is -0.442. The molecule has 4 heteroatoms. The number of ether oxygens (including phenoxy) is 1. The van der Waals surface area contributed by atoms with Crippen molar-refractivity contribution >= 4 is 5.91 Å². The molecular weight excluding hydrogens is 206 g/mol. The third-order valence-corrected chi connectivity index (χ3v) is 2.96. The Bertz CT molecular complexity index is 182. The summed E-state index contributed by atoms with van der Waals surface area (Å²) in [5, 5.41) is 12.2. The summed E-state index contributed by atoms with van der Waals surface area (Å²) in [4.78, 5) is 11.6. The Kier molecular flexibility index (Phi) is 8.21. The first-order chi connectivity index (χ1) is 7.64. The zero-order valence-electron chi connectivity index (χ0n) is 10.7. The van der Waals surface area contributed by atoms with E-state index in [1.54, 1.807) is 0 Å². The van der Waals surface area contributed by atoms with Crippen molar-refractivity contribution in [3.8, 4) is 0 Å². The maximum atomic E-state index is 11.6. The van der Waals surface area contributed by atoms with Gasteiger partial charge in [-0.3, -0.25) is 4.79 Å². The smallest absolute Gasteiger partial charge is 0.220 e. The highest BCUT2D eigenvalue weighted by molar-refractivity contribution is 5.76. The Morgan fingerprint density at radius 2 is 1.94 bits per heavy atom. The number of hydrogen-bond acceptors (Lipinski definition) is 3. The molecule has 2 N–H and O–H groups in total. The predicted octanol–water partition coefficient (Wildman–Crippen LogP) is 1.47. The summed E-state index contributed by atoms with van der Waals surface area (Å²) in [5.41, 5.74) is -0.442. The number of aliphatic hydroxyl groups excluding tert-OH is 1. The van der Waals surface area contributed by atoms with Crippen molar-refractivity contribution in [1.82, 2.24) is 5.32 Å². The van der Waals surface area contributed by atoms with Crippen molar-refractivity contribution in [1.29, 1.82) is 0 Å². The Hall–Kier alpha value is -0.610. The second-order valence-corrected chi connectivity index (χ2v) is 3.99. The van der Waals surface area contributed by atoms with Crippen molar-refractivity contribution in [3.63, 3.8) is 0 Å². The highest BCUT2D eigenvalue weighted by atomic mass is 16.5.